The molecule has 0 saturated carbocycles. The third-order valence-corrected chi connectivity index (χ3v) is 4.38. The fourth-order valence-electron chi connectivity index (χ4n) is 2.27. The standard InChI is InChI=1S/C20H23ClN2O3/c1-14(20(25)22-18-8-4-16(5-9-18)15(2)24)23(3)12-13-26-19-10-6-17(21)7-11-19/h4-11,14H,12-13H2,1-3H3,(H,22,25)/t14-/m1/s1. The van der Waals surface area contributed by atoms with Crippen LogP contribution < -0.4 is 10.1 Å². The van der Waals surface area contributed by atoms with Gasteiger partial charge in [-0.2, -0.15) is 0 Å². The van der Waals surface area contributed by atoms with Gasteiger partial charge in [-0.15, -0.1) is 0 Å². The second kappa shape index (κ2) is 9.36. The molecule has 0 fully saturated rings. The number of nitrogens with one attached hydrogen (secondary N) is 1. The zero-order valence-corrected chi connectivity index (χ0v) is 15.9. The Hall–Kier alpha value is -2.37. The first-order chi connectivity index (χ1) is 12.4. The minimum Gasteiger partial charge on any atom is -0.492 e. The van der Waals surface area contributed by atoms with Crippen molar-refractivity contribution in [1.82, 2.24) is 4.90 Å². The fourth-order valence-corrected chi connectivity index (χ4v) is 2.39. The Morgan fingerprint density at radius 1 is 1.12 bits per heavy atom. The number of carbonyl (C=O) groups excluding carboxylic acids is 2. The lowest BCUT2D eigenvalue weighted by molar-refractivity contribution is -0.120. The van der Waals surface area contributed by atoms with Crippen LogP contribution in [0.25, 0.3) is 0 Å². The van der Waals surface area contributed by atoms with Crippen LogP contribution in [0.4, 0.5) is 5.69 Å². The predicted octanol–water partition coefficient (Wildman–Crippen LogP) is 3.88. The molecule has 138 valence electrons. The van der Waals surface area contributed by atoms with Crippen molar-refractivity contribution < 1.29 is 14.3 Å². The SMILES string of the molecule is CC(=O)c1ccc(NC(=O)[C@@H](C)N(C)CCOc2ccc(Cl)cc2)cc1. The molecule has 0 bridgehead atoms. The second-order valence-electron chi connectivity index (χ2n) is 6.08. The molecular formula is C20H23ClN2O3. The van der Waals surface area contributed by atoms with E-state index < -0.39 is 0 Å². The minimum absolute atomic E-state index is 0.00309. The van der Waals surface area contributed by atoms with Gasteiger partial charge in [0.15, 0.2) is 5.78 Å². The number of ether oxygens (including phenoxy) is 1. The summed E-state index contributed by atoms with van der Waals surface area (Å²) in [6.45, 7) is 4.40. The van der Waals surface area contributed by atoms with E-state index >= 15 is 0 Å². The van der Waals surface area contributed by atoms with Crippen molar-refractivity contribution in [2.75, 3.05) is 25.5 Å². The predicted molar refractivity (Wildman–Crippen MR) is 104 cm³/mol. The van der Waals surface area contributed by atoms with Gasteiger partial charge in [-0.25, -0.2) is 0 Å². The summed E-state index contributed by atoms with van der Waals surface area (Å²) in [7, 11) is 1.87. The van der Waals surface area contributed by atoms with Crippen molar-refractivity contribution in [1.29, 1.82) is 0 Å². The van der Waals surface area contributed by atoms with Crippen LogP contribution in [0.1, 0.15) is 24.2 Å². The van der Waals surface area contributed by atoms with Crippen LogP contribution in [0.5, 0.6) is 5.75 Å². The number of hydrogen-bond acceptors (Lipinski definition) is 4. The van der Waals surface area contributed by atoms with Gasteiger partial charge in [-0.1, -0.05) is 11.6 Å². The third kappa shape index (κ3) is 5.86. The number of likely N-dealkylation sites (N-methyl/N-ethyl adjacent to an activating group) is 1. The Morgan fingerprint density at radius 2 is 1.73 bits per heavy atom. The van der Waals surface area contributed by atoms with Gasteiger partial charge in [0.25, 0.3) is 0 Å². The lowest BCUT2D eigenvalue weighted by Gasteiger charge is -2.23. The molecule has 0 heterocycles. The average Bonchev–Trinajstić information content (AvgIpc) is 2.63. The highest BCUT2D eigenvalue weighted by atomic mass is 35.5. The van der Waals surface area contributed by atoms with Crippen molar-refractivity contribution in [2.24, 2.45) is 0 Å². The van der Waals surface area contributed by atoms with Crippen LogP contribution in [0, 0.1) is 0 Å². The summed E-state index contributed by atoms with van der Waals surface area (Å²) >= 11 is 5.84. The summed E-state index contributed by atoms with van der Waals surface area (Å²) < 4.78 is 5.65. The van der Waals surface area contributed by atoms with Gasteiger partial charge in [0, 0.05) is 22.8 Å². The Balaban J connectivity index is 1.80. The molecule has 5 nitrogen and oxygen atoms in total. The number of rotatable bonds is 8. The number of nitrogens with zero attached hydrogens (tertiary/aromatic N) is 1. The van der Waals surface area contributed by atoms with E-state index in [4.69, 9.17) is 16.3 Å². The molecule has 2 aromatic rings. The maximum absolute atomic E-state index is 12.4. The molecule has 0 aliphatic carbocycles. The highest BCUT2D eigenvalue weighted by Gasteiger charge is 2.18. The number of anilines is 1. The second-order valence-corrected chi connectivity index (χ2v) is 6.52. The van der Waals surface area contributed by atoms with Gasteiger partial charge >= 0.3 is 0 Å². The van der Waals surface area contributed by atoms with Crippen molar-refractivity contribution in [2.45, 2.75) is 19.9 Å². The zero-order valence-electron chi connectivity index (χ0n) is 15.2. The number of hydrogen-bond donors (Lipinski definition) is 1. The first-order valence-electron chi connectivity index (χ1n) is 8.37. The van der Waals surface area contributed by atoms with Gasteiger partial charge in [-0.05, 0) is 69.4 Å². The van der Waals surface area contributed by atoms with E-state index in [1.807, 2.05) is 31.0 Å². The molecule has 6 heteroatoms. The van der Waals surface area contributed by atoms with E-state index in [-0.39, 0.29) is 17.7 Å². The molecule has 0 aliphatic heterocycles. The fraction of sp³-hybridized carbons (Fsp3) is 0.300. The number of benzene rings is 2. The van der Waals surface area contributed by atoms with Crippen LogP contribution in [0.2, 0.25) is 5.02 Å². The molecule has 0 saturated heterocycles. The highest BCUT2D eigenvalue weighted by Crippen LogP contribution is 2.15. The minimum atomic E-state index is -0.323. The van der Waals surface area contributed by atoms with E-state index in [0.29, 0.717) is 29.4 Å². The summed E-state index contributed by atoms with van der Waals surface area (Å²) in [6, 6.07) is 13.7. The smallest absolute Gasteiger partial charge is 0.241 e. The number of carbonyl (C=O) groups is 2. The number of Topliss-reactive ketones (excluding diaryl/α,β-unsaturated/α-hetero) is 1. The van der Waals surface area contributed by atoms with Crippen LogP contribution in [0.15, 0.2) is 48.5 Å². The van der Waals surface area contributed by atoms with E-state index in [1.54, 1.807) is 36.4 Å². The van der Waals surface area contributed by atoms with Crippen molar-refractivity contribution in [3.63, 3.8) is 0 Å². The molecule has 0 unspecified atom stereocenters. The molecule has 0 aliphatic rings. The lowest BCUT2D eigenvalue weighted by Crippen LogP contribution is -2.41. The first-order valence-corrected chi connectivity index (χ1v) is 8.75. The van der Waals surface area contributed by atoms with Crippen molar-refractivity contribution in [3.05, 3.63) is 59.1 Å². The average molecular weight is 375 g/mol. The highest BCUT2D eigenvalue weighted by molar-refractivity contribution is 6.30. The Bertz CT molecular complexity index is 745. The van der Waals surface area contributed by atoms with Crippen LogP contribution in [0.3, 0.4) is 0 Å². The third-order valence-electron chi connectivity index (χ3n) is 4.13. The number of halogens is 1. The Labute approximate surface area is 158 Å². The van der Waals surface area contributed by atoms with E-state index in [2.05, 4.69) is 5.32 Å². The maximum atomic E-state index is 12.4. The van der Waals surface area contributed by atoms with Gasteiger partial charge < -0.3 is 10.1 Å². The Morgan fingerprint density at radius 3 is 2.31 bits per heavy atom. The van der Waals surface area contributed by atoms with Crippen LogP contribution >= 0.6 is 11.6 Å². The molecule has 1 amide bonds. The molecule has 0 spiro atoms. The van der Waals surface area contributed by atoms with Crippen LogP contribution in [-0.2, 0) is 4.79 Å². The quantitative estimate of drug-likeness (QED) is 0.712. The van der Waals surface area contributed by atoms with Gasteiger partial charge in [-0.3, -0.25) is 14.5 Å². The molecule has 2 rings (SSSR count). The summed E-state index contributed by atoms with van der Waals surface area (Å²) in [6.07, 6.45) is 0. The summed E-state index contributed by atoms with van der Waals surface area (Å²) in [5.74, 6) is 0.622. The summed E-state index contributed by atoms with van der Waals surface area (Å²) in [5.41, 5.74) is 1.28. The topological polar surface area (TPSA) is 58.6 Å². The molecule has 0 aromatic heterocycles. The van der Waals surface area contributed by atoms with E-state index in [0.717, 1.165) is 5.75 Å². The Kier molecular flexibility index (Phi) is 7.18. The van der Waals surface area contributed by atoms with E-state index in [9.17, 15) is 9.59 Å². The molecule has 2 aromatic carbocycles. The van der Waals surface area contributed by atoms with Crippen molar-refractivity contribution in [3.8, 4) is 5.75 Å². The first kappa shape index (κ1) is 19.9. The number of amides is 1. The normalized spacial score (nSPS) is 11.9. The molecular weight excluding hydrogens is 352 g/mol. The van der Waals surface area contributed by atoms with Gasteiger partial charge in [0.2, 0.25) is 5.91 Å². The summed E-state index contributed by atoms with van der Waals surface area (Å²) in [5, 5.41) is 3.52. The molecule has 1 atom stereocenters. The monoisotopic (exact) mass is 374 g/mol. The molecule has 0 radical (unpaired) electrons. The largest absolute Gasteiger partial charge is 0.492 e. The summed E-state index contributed by atoms with van der Waals surface area (Å²) in [4.78, 5) is 25.6. The zero-order chi connectivity index (χ0) is 19.1. The maximum Gasteiger partial charge on any atom is 0.241 e. The lowest BCUT2D eigenvalue weighted by atomic mass is 10.1. The number of ketones is 1. The van der Waals surface area contributed by atoms with Gasteiger partial charge in [0.05, 0.1) is 6.04 Å². The van der Waals surface area contributed by atoms with Crippen molar-refractivity contribution >= 4 is 29.0 Å². The molecule has 1 N–H and O–H groups in total. The van der Waals surface area contributed by atoms with Crippen LogP contribution in [-0.4, -0.2) is 42.8 Å². The van der Waals surface area contributed by atoms with Gasteiger partial charge in [0.1, 0.15) is 12.4 Å². The molecule has 26 heavy (non-hydrogen) atoms. The van der Waals surface area contributed by atoms with E-state index in [1.165, 1.54) is 6.92 Å².